The van der Waals surface area contributed by atoms with Crippen molar-refractivity contribution in [2.45, 2.75) is 6.42 Å². The van der Waals surface area contributed by atoms with Crippen molar-refractivity contribution in [3.63, 3.8) is 0 Å². The number of amides is 1. The SMILES string of the molecule is O=C(Cc1cccs1)Nc1ccc2nc(-c3cccc(Cl)c3)oc2c1. The molecule has 6 heteroatoms. The molecule has 0 saturated heterocycles. The topological polar surface area (TPSA) is 55.1 Å². The van der Waals surface area contributed by atoms with Crippen LogP contribution in [-0.2, 0) is 11.2 Å². The van der Waals surface area contributed by atoms with Gasteiger partial charge in [0.05, 0.1) is 6.42 Å². The molecule has 0 spiro atoms. The molecule has 124 valence electrons. The van der Waals surface area contributed by atoms with E-state index in [-0.39, 0.29) is 5.91 Å². The molecule has 0 aliphatic heterocycles. The van der Waals surface area contributed by atoms with Gasteiger partial charge in [-0.1, -0.05) is 23.7 Å². The van der Waals surface area contributed by atoms with Gasteiger partial charge in [0.2, 0.25) is 11.8 Å². The van der Waals surface area contributed by atoms with Gasteiger partial charge in [-0.3, -0.25) is 4.79 Å². The highest BCUT2D eigenvalue weighted by Gasteiger charge is 2.11. The number of carbonyl (C=O) groups is 1. The summed E-state index contributed by atoms with van der Waals surface area (Å²) in [5, 5.41) is 5.47. The molecule has 1 amide bonds. The number of halogens is 1. The van der Waals surface area contributed by atoms with Crippen LogP contribution in [0.5, 0.6) is 0 Å². The van der Waals surface area contributed by atoms with Crippen LogP contribution in [-0.4, -0.2) is 10.9 Å². The highest BCUT2D eigenvalue weighted by molar-refractivity contribution is 7.10. The van der Waals surface area contributed by atoms with Crippen molar-refractivity contribution in [3.05, 3.63) is 69.9 Å². The van der Waals surface area contributed by atoms with Crippen LogP contribution in [0.25, 0.3) is 22.6 Å². The van der Waals surface area contributed by atoms with Gasteiger partial charge in [-0.05, 0) is 41.8 Å². The number of fused-ring (bicyclic) bond motifs is 1. The average Bonchev–Trinajstić information content (AvgIpc) is 3.23. The number of hydrogen-bond donors (Lipinski definition) is 1. The van der Waals surface area contributed by atoms with Crippen molar-refractivity contribution in [2.75, 3.05) is 5.32 Å². The number of thiophene rings is 1. The predicted octanol–water partition coefficient (Wildman–Crippen LogP) is 5.39. The Labute approximate surface area is 153 Å². The Morgan fingerprint density at radius 2 is 2.08 bits per heavy atom. The lowest BCUT2D eigenvalue weighted by Crippen LogP contribution is -2.13. The Balaban J connectivity index is 1.57. The van der Waals surface area contributed by atoms with E-state index in [1.54, 1.807) is 29.5 Å². The molecule has 4 rings (SSSR count). The molecule has 0 radical (unpaired) electrons. The summed E-state index contributed by atoms with van der Waals surface area (Å²) in [5.74, 6) is 0.441. The Hall–Kier alpha value is -2.63. The number of rotatable bonds is 4. The summed E-state index contributed by atoms with van der Waals surface area (Å²) in [6, 6.07) is 16.6. The van der Waals surface area contributed by atoms with Crippen LogP contribution >= 0.6 is 22.9 Å². The lowest BCUT2D eigenvalue weighted by atomic mass is 10.2. The molecule has 4 nitrogen and oxygen atoms in total. The lowest BCUT2D eigenvalue weighted by molar-refractivity contribution is -0.115. The number of benzene rings is 2. The van der Waals surface area contributed by atoms with Gasteiger partial charge in [-0.25, -0.2) is 4.98 Å². The molecule has 0 saturated carbocycles. The first kappa shape index (κ1) is 15.9. The number of carbonyl (C=O) groups excluding carboxylic acids is 1. The molecule has 1 N–H and O–H groups in total. The fourth-order valence-electron chi connectivity index (χ4n) is 2.52. The molecular formula is C19H13ClN2O2S. The van der Waals surface area contributed by atoms with E-state index in [0.717, 1.165) is 16.0 Å². The van der Waals surface area contributed by atoms with E-state index in [2.05, 4.69) is 10.3 Å². The van der Waals surface area contributed by atoms with Gasteiger partial charge >= 0.3 is 0 Å². The Kier molecular flexibility index (Phi) is 4.26. The van der Waals surface area contributed by atoms with E-state index in [0.29, 0.717) is 28.6 Å². The Morgan fingerprint density at radius 1 is 1.16 bits per heavy atom. The maximum absolute atomic E-state index is 12.1. The van der Waals surface area contributed by atoms with E-state index in [1.807, 2.05) is 41.8 Å². The maximum atomic E-state index is 12.1. The van der Waals surface area contributed by atoms with Crippen molar-refractivity contribution >= 4 is 45.6 Å². The van der Waals surface area contributed by atoms with Crippen LogP contribution in [0.2, 0.25) is 5.02 Å². The monoisotopic (exact) mass is 368 g/mol. The first-order chi connectivity index (χ1) is 12.2. The van der Waals surface area contributed by atoms with Gasteiger partial charge in [0.1, 0.15) is 5.52 Å². The third kappa shape index (κ3) is 3.57. The van der Waals surface area contributed by atoms with Crippen LogP contribution in [0, 0.1) is 0 Å². The van der Waals surface area contributed by atoms with Crippen LogP contribution in [0.15, 0.2) is 64.4 Å². The molecule has 2 aromatic carbocycles. The zero-order chi connectivity index (χ0) is 17.2. The fourth-order valence-corrected chi connectivity index (χ4v) is 3.42. The van der Waals surface area contributed by atoms with Gasteiger partial charge in [-0.15, -0.1) is 11.3 Å². The normalized spacial score (nSPS) is 10.9. The minimum atomic E-state index is -0.0589. The highest BCUT2D eigenvalue weighted by Crippen LogP contribution is 2.27. The van der Waals surface area contributed by atoms with Crippen LogP contribution in [0.3, 0.4) is 0 Å². The van der Waals surface area contributed by atoms with E-state index < -0.39 is 0 Å². The molecule has 25 heavy (non-hydrogen) atoms. The van der Waals surface area contributed by atoms with Crippen LogP contribution < -0.4 is 5.32 Å². The minimum absolute atomic E-state index is 0.0589. The predicted molar refractivity (Wildman–Crippen MR) is 101 cm³/mol. The second-order valence-corrected chi connectivity index (χ2v) is 6.98. The number of anilines is 1. The van der Waals surface area contributed by atoms with Crippen molar-refractivity contribution in [3.8, 4) is 11.5 Å². The first-order valence-electron chi connectivity index (χ1n) is 7.66. The average molecular weight is 369 g/mol. The maximum Gasteiger partial charge on any atom is 0.229 e. The quantitative estimate of drug-likeness (QED) is 0.525. The van der Waals surface area contributed by atoms with E-state index in [4.69, 9.17) is 16.0 Å². The summed E-state index contributed by atoms with van der Waals surface area (Å²) >= 11 is 7.58. The molecule has 2 heterocycles. The fraction of sp³-hybridized carbons (Fsp3) is 0.0526. The van der Waals surface area contributed by atoms with Gasteiger partial charge in [-0.2, -0.15) is 0 Å². The Morgan fingerprint density at radius 3 is 2.88 bits per heavy atom. The van der Waals surface area contributed by atoms with E-state index >= 15 is 0 Å². The number of nitrogens with one attached hydrogen (secondary N) is 1. The minimum Gasteiger partial charge on any atom is -0.436 e. The molecule has 2 aromatic heterocycles. The molecular weight excluding hydrogens is 356 g/mol. The van der Waals surface area contributed by atoms with Crippen molar-refractivity contribution < 1.29 is 9.21 Å². The summed E-state index contributed by atoms with van der Waals surface area (Å²) < 4.78 is 5.82. The van der Waals surface area contributed by atoms with Gasteiger partial charge in [0, 0.05) is 27.2 Å². The largest absolute Gasteiger partial charge is 0.436 e. The number of hydrogen-bond acceptors (Lipinski definition) is 4. The van der Waals surface area contributed by atoms with Crippen LogP contribution in [0.4, 0.5) is 5.69 Å². The Bertz CT molecular complexity index is 1040. The molecule has 0 unspecified atom stereocenters. The van der Waals surface area contributed by atoms with Gasteiger partial charge in [0.25, 0.3) is 0 Å². The van der Waals surface area contributed by atoms with Crippen LogP contribution in [0.1, 0.15) is 4.88 Å². The summed E-state index contributed by atoms with van der Waals surface area (Å²) in [5.41, 5.74) is 2.84. The summed E-state index contributed by atoms with van der Waals surface area (Å²) in [7, 11) is 0. The third-order valence-electron chi connectivity index (χ3n) is 3.66. The standard InChI is InChI=1S/C19H13ClN2O2S/c20-13-4-1-3-12(9-13)19-22-16-7-6-14(10-17(16)24-19)21-18(23)11-15-5-2-8-25-15/h1-10H,11H2,(H,21,23). The summed E-state index contributed by atoms with van der Waals surface area (Å²) in [4.78, 5) is 17.6. The van der Waals surface area contributed by atoms with Gasteiger partial charge in [0.15, 0.2) is 5.58 Å². The molecule has 0 bridgehead atoms. The van der Waals surface area contributed by atoms with Gasteiger partial charge < -0.3 is 9.73 Å². The van der Waals surface area contributed by atoms with Crippen molar-refractivity contribution in [1.82, 2.24) is 4.98 Å². The molecule has 0 aliphatic carbocycles. The smallest absolute Gasteiger partial charge is 0.229 e. The second-order valence-electron chi connectivity index (χ2n) is 5.52. The number of aromatic nitrogens is 1. The zero-order valence-electron chi connectivity index (χ0n) is 13.0. The molecule has 0 atom stereocenters. The van der Waals surface area contributed by atoms with E-state index in [1.165, 1.54) is 0 Å². The zero-order valence-corrected chi connectivity index (χ0v) is 14.6. The van der Waals surface area contributed by atoms with Crippen molar-refractivity contribution in [1.29, 1.82) is 0 Å². The number of nitrogens with zero attached hydrogens (tertiary/aromatic N) is 1. The first-order valence-corrected chi connectivity index (χ1v) is 8.92. The molecule has 0 fully saturated rings. The second kappa shape index (κ2) is 6.70. The summed E-state index contributed by atoms with van der Waals surface area (Å²) in [6.45, 7) is 0. The number of oxazole rings is 1. The lowest BCUT2D eigenvalue weighted by Gasteiger charge is -2.03. The highest BCUT2D eigenvalue weighted by atomic mass is 35.5. The summed E-state index contributed by atoms with van der Waals surface area (Å²) in [6.07, 6.45) is 0.361. The molecule has 4 aromatic rings. The van der Waals surface area contributed by atoms with E-state index in [9.17, 15) is 4.79 Å². The van der Waals surface area contributed by atoms with Crippen molar-refractivity contribution in [2.24, 2.45) is 0 Å². The molecule has 0 aliphatic rings. The third-order valence-corrected chi connectivity index (χ3v) is 4.77.